The molecule has 1 N–H and O–H groups in total. The summed E-state index contributed by atoms with van der Waals surface area (Å²) in [5.41, 5.74) is 1.53. The number of imidazole rings is 1. The molecule has 0 bridgehead atoms. The molecule has 1 heterocycles. The van der Waals surface area contributed by atoms with Gasteiger partial charge in [-0.3, -0.25) is 0 Å². The summed E-state index contributed by atoms with van der Waals surface area (Å²) in [5.74, 6) is -1.31. The highest BCUT2D eigenvalue weighted by atomic mass is 19.4. The van der Waals surface area contributed by atoms with Crippen molar-refractivity contribution in [2.24, 2.45) is 0 Å². The molecule has 0 aromatic carbocycles. The van der Waals surface area contributed by atoms with E-state index >= 15 is 0 Å². The van der Waals surface area contributed by atoms with Gasteiger partial charge in [-0.15, -0.1) is 0 Å². The Balaban J connectivity index is 2.17. The maximum atomic E-state index is 12.1. The van der Waals surface area contributed by atoms with E-state index in [1.54, 1.807) is 0 Å². The third-order valence-electron chi connectivity index (χ3n) is 3.27. The Hall–Kier alpha value is -1.53. The minimum Gasteiger partial charge on any atom is -0.475 e. The van der Waals surface area contributed by atoms with Crippen LogP contribution in [-0.4, -0.2) is 26.8 Å². The predicted molar refractivity (Wildman–Crippen MR) is 61.1 cm³/mol. The van der Waals surface area contributed by atoms with Crippen LogP contribution >= 0.6 is 0 Å². The fourth-order valence-corrected chi connectivity index (χ4v) is 2.44. The third-order valence-corrected chi connectivity index (χ3v) is 3.27. The second-order valence-electron chi connectivity index (χ2n) is 4.71. The van der Waals surface area contributed by atoms with E-state index in [1.807, 2.05) is 0 Å². The molecule has 0 unspecified atom stereocenters. The summed E-state index contributed by atoms with van der Waals surface area (Å²) in [6.07, 6.45) is -1.94. The number of aryl methyl sites for hydroxylation is 1. The van der Waals surface area contributed by atoms with E-state index in [1.165, 1.54) is 4.57 Å². The standard InChI is InChI=1S/C12H15F3N2O2/c13-12(14,15)6-3-7-17-9-5-2-1-4-8(9)16-10(17)11(18)19/h1-7H2,(H,18,19). The number of aromatic nitrogens is 2. The Bertz CT molecular complexity index is 480. The highest BCUT2D eigenvalue weighted by Gasteiger charge is 2.28. The second-order valence-corrected chi connectivity index (χ2v) is 4.71. The molecule has 4 nitrogen and oxygen atoms in total. The number of carboxylic acid groups (broad SMARTS) is 1. The van der Waals surface area contributed by atoms with Crippen LogP contribution in [0.25, 0.3) is 0 Å². The molecule has 0 aliphatic heterocycles. The Labute approximate surface area is 108 Å². The first kappa shape index (κ1) is 13.9. The number of hydrogen-bond donors (Lipinski definition) is 1. The number of hydrogen-bond acceptors (Lipinski definition) is 2. The SMILES string of the molecule is O=C(O)c1nc2c(n1CCCC(F)(F)F)CCCC2. The number of fused-ring (bicyclic) bond motifs is 1. The molecule has 0 fully saturated rings. The van der Waals surface area contributed by atoms with Crippen LogP contribution in [0, 0.1) is 0 Å². The van der Waals surface area contributed by atoms with Gasteiger partial charge in [0.25, 0.3) is 0 Å². The number of alkyl halides is 3. The van der Waals surface area contributed by atoms with Crippen molar-refractivity contribution in [1.82, 2.24) is 9.55 Å². The number of carbonyl (C=O) groups is 1. The van der Waals surface area contributed by atoms with Crippen LogP contribution in [0.5, 0.6) is 0 Å². The molecule has 0 saturated carbocycles. The van der Waals surface area contributed by atoms with Crippen molar-refractivity contribution in [1.29, 1.82) is 0 Å². The lowest BCUT2D eigenvalue weighted by Crippen LogP contribution is -2.16. The molecule has 0 amide bonds. The Morgan fingerprint density at radius 3 is 2.63 bits per heavy atom. The number of rotatable bonds is 4. The van der Waals surface area contributed by atoms with Crippen LogP contribution in [0.4, 0.5) is 13.2 Å². The fourth-order valence-electron chi connectivity index (χ4n) is 2.44. The van der Waals surface area contributed by atoms with E-state index in [0.717, 1.165) is 24.2 Å². The molecule has 0 spiro atoms. The third kappa shape index (κ3) is 3.27. The van der Waals surface area contributed by atoms with Crippen molar-refractivity contribution in [3.63, 3.8) is 0 Å². The van der Waals surface area contributed by atoms with Crippen LogP contribution < -0.4 is 0 Å². The minimum atomic E-state index is -4.20. The largest absolute Gasteiger partial charge is 0.475 e. The Morgan fingerprint density at radius 1 is 1.32 bits per heavy atom. The summed E-state index contributed by atoms with van der Waals surface area (Å²) < 4.78 is 37.9. The Kier molecular flexibility index (Phi) is 3.82. The van der Waals surface area contributed by atoms with Gasteiger partial charge in [0.05, 0.1) is 5.69 Å². The van der Waals surface area contributed by atoms with Gasteiger partial charge in [-0.25, -0.2) is 9.78 Å². The minimum absolute atomic E-state index is 0.0590. The summed E-state index contributed by atoms with van der Waals surface area (Å²) >= 11 is 0. The molecule has 1 aromatic heterocycles. The van der Waals surface area contributed by atoms with Gasteiger partial charge in [0, 0.05) is 18.7 Å². The molecule has 0 atom stereocenters. The zero-order valence-electron chi connectivity index (χ0n) is 10.3. The van der Waals surface area contributed by atoms with E-state index in [2.05, 4.69) is 4.98 Å². The van der Waals surface area contributed by atoms with Gasteiger partial charge < -0.3 is 9.67 Å². The van der Waals surface area contributed by atoms with Crippen molar-refractivity contribution >= 4 is 5.97 Å². The molecule has 2 rings (SSSR count). The maximum absolute atomic E-state index is 12.1. The number of halogens is 3. The highest BCUT2D eigenvalue weighted by Crippen LogP contribution is 2.25. The molecular weight excluding hydrogens is 261 g/mol. The van der Waals surface area contributed by atoms with Crippen LogP contribution in [0.1, 0.15) is 47.7 Å². The van der Waals surface area contributed by atoms with Gasteiger partial charge in [-0.05, 0) is 32.1 Å². The average Bonchev–Trinajstić information content (AvgIpc) is 2.67. The molecule has 1 aliphatic rings. The first-order valence-corrected chi connectivity index (χ1v) is 6.27. The zero-order valence-corrected chi connectivity index (χ0v) is 10.3. The van der Waals surface area contributed by atoms with Gasteiger partial charge >= 0.3 is 12.1 Å². The fraction of sp³-hybridized carbons (Fsp3) is 0.667. The maximum Gasteiger partial charge on any atom is 0.389 e. The number of aromatic carboxylic acids is 1. The van der Waals surface area contributed by atoms with E-state index in [-0.39, 0.29) is 18.8 Å². The van der Waals surface area contributed by atoms with Crippen molar-refractivity contribution in [2.75, 3.05) is 0 Å². The molecule has 0 radical (unpaired) electrons. The normalized spacial score (nSPS) is 15.3. The summed E-state index contributed by atoms with van der Waals surface area (Å²) in [6, 6.07) is 0. The molecule has 0 saturated heterocycles. The second kappa shape index (κ2) is 5.22. The molecule has 1 aromatic rings. The lowest BCUT2D eigenvalue weighted by atomic mass is 10.0. The first-order valence-electron chi connectivity index (χ1n) is 6.27. The quantitative estimate of drug-likeness (QED) is 0.920. The summed E-state index contributed by atoms with van der Waals surface area (Å²) in [7, 11) is 0. The van der Waals surface area contributed by atoms with Crippen molar-refractivity contribution in [2.45, 2.75) is 51.2 Å². The number of carboxylic acids is 1. The van der Waals surface area contributed by atoms with Gasteiger partial charge in [0.1, 0.15) is 0 Å². The molecule has 7 heteroatoms. The molecule has 106 valence electrons. The van der Waals surface area contributed by atoms with Crippen LogP contribution in [-0.2, 0) is 19.4 Å². The van der Waals surface area contributed by atoms with Crippen LogP contribution in [0.3, 0.4) is 0 Å². The predicted octanol–water partition coefficient (Wildman–Crippen LogP) is 2.80. The van der Waals surface area contributed by atoms with Gasteiger partial charge in [0.15, 0.2) is 0 Å². The van der Waals surface area contributed by atoms with E-state index in [0.29, 0.717) is 12.8 Å². The zero-order chi connectivity index (χ0) is 14.0. The lowest BCUT2D eigenvalue weighted by molar-refractivity contribution is -0.135. The van der Waals surface area contributed by atoms with Crippen LogP contribution in [0.15, 0.2) is 0 Å². The first-order chi connectivity index (χ1) is 8.88. The Morgan fingerprint density at radius 2 is 2.00 bits per heavy atom. The number of nitrogens with zero attached hydrogens (tertiary/aromatic N) is 2. The van der Waals surface area contributed by atoms with Gasteiger partial charge in [-0.2, -0.15) is 13.2 Å². The summed E-state index contributed by atoms with van der Waals surface area (Å²) in [4.78, 5) is 15.1. The van der Waals surface area contributed by atoms with Gasteiger partial charge in [0.2, 0.25) is 5.82 Å². The smallest absolute Gasteiger partial charge is 0.389 e. The molecular formula is C12H15F3N2O2. The van der Waals surface area contributed by atoms with E-state index in [4.69, 9.17) is 5.11 Å². The van der Waals surface area contributed by atoms with E-state index in [9.17, 15) is 18.0 Å². The monoisotopic (exact) mass is 276 g/mol. The topological polar surface area (TPSA) is 55.1 Å². The highest BCUT2D eigenvalue weighted by molar-refractivity contribution is 5.84. The van der Waals surface area contributed by atoms with Crippen LogP contribution in [0.2, 0.25) is 0 Å². The van der Waals surface area contributed by atoms with E-state index < -0.39 is 18.6 Å². The molecule has 1 aliphatic carbocycles. The summed E-state index contributed by atoms with van der Waals surface area (Å²) in [5, 5.41) is 9.07. The van der Waals surface area contributed by atoms with Gasteiger partial charge in [-0.1, -0.05) is 0 Å². The van der Waals surface area contributed by atoms with Crippen molar-refractivity contribution in [3.05, 3.63) is 17.2 Å². The van der Waals surface area contributed by atoms with Crippen molar-refractivity contribution in [3.8, 4) is 0 Å². The lowest BCUT2D eigenvalue weighted by Gasteiger charge is -2.15. The molecule has 19 heavy (non-hydrogen) atoms. The average molecular weight is 276 g/mol. The summed E-state index contributed by atoms with van der Waals surface area (Å²) in [6.45, 7) is 0.0590. The van der Waals surface area contributed by atoms with Crippen molar-refractivity contribution < 1.29 is 23.1 Å².